The quantitative estimate of drug-likeness (QED) is 0.793. The third-order valence-corrected chi connectivity index (χ3v) is 4.83. The van der Waals surface area contributed by atoms with Crippen molar-refractivity contribution in [3.8, 4) is 0 Å². The molecule has 26 heavy (non-hydrogen) atoms. The molecule has 1 aliphatic heterocycles. The SMILES string of the molecule is CC1CN(C(=O)c2ccc(NCc3ccc(Br)cc3F)cc2)CC(C)O1. The van der Waals surface area contributed by atoms with Crippen molar-refractivity contribution in [1.29, 1.82) is 0 Å². The van der Waals surface area contributed by atoms with E-state index < -0.39 is 0 Å². The first kappa shape index (κ1) is 18.9. The number of benzene rings is 2. The maximum Gasteiger partial charge on any atom is 0.254 e. The molecule has 6 heteroatoms. The topological polar surface area (TPSA) is 41.6 Å². The Morgan fingerprint density at radius 3 is 2.46 bits per heavy atom. The summed E-state index contributed by atoms with van der Waals surface area (Å²) in [6.45, 7) is 5.54. The highest BCUT2D eigenvalue weighted by Gasteiger charge is 2.26. The number of rotatable bonds is 4. The van der Waals surface area contributed by atoms with Gasteiger partial charge in [0, 0.05) is 40.9 Å². The van der Waals surface area contributed by atoms with Gasteiger partial charge in [0.1, 0.15) is 5.82 Å². The van der Waals surface area contributed by atoms with Crippen LogP contribution in [0.5, 0.6) is 0 Å². The summed E-state index contributed by atoms with van der Waals surface area (Å²) in [5.41, 5.74) is 2.07. The monoisotopic (exact) mass is 420 g/mol. The average Bonchev–Trinajstić information content (AvgIpc) is 2.60. The van der Waals surface area contributed by atoms with E-state index in [0.29, 0.717) is 35.2 Å². The van der Waals surface area contributed by atoms with Crippen molar-refractivity contribution in [2.45, 2.75) is 32.6 Å². The van der Waals surface area contributed by atoms with Gasteiger partial charge in [0.15, 0.2) is 0 Å². The first-order valence-electron chi connectivity index (χ1n) is 8.65. The molecule has 1 heterocycles. The number of carbonyl (C=O) groups is 1. The standard InChI is InChI=1S/C20H22BrFN2O2/c1-13-11-24(12-14(2)26-13)20(25)15-4-7-18(8-5-15)23-10-16-3-6-17(21)9-19(16)22/h3-9,13-14,23H,10-12H2,1-2H3. The fourth-order valence-corrected chi connectivity index (χ4v) is 3.45. The molecule has 0 radical (unpaired) electrons. The molecule has 0 aromatic heterocycles. The van der Waals surface area contributed by atoms with Crippen LogP contribution in [0, 0.1) is 5.82 Å². The van der Waals surface area contributed by atoms with Crippen molar-refractivity contribution < 1.29 is 13.9 Å². The van der Waals surface area contributed by atoms with Gasteiger partial charge in [-0.3, -0.25) is 4.79 Å². The molecule has 1 saturated heterocycles. The van der Waals surface area contributed by atoms with Crippen LogP contribution < -0.4 is 5.32 Å². The van der Waals surface area contributed by atoms with Crippen molar-refractivity contribution in [3.05, 3.63) is 63.9 Å². The number of halogens is 2. The van der Waals surface area contributed by atoms with E-state index in [1.807, 2.05) is 36.9 Å². The van der Waals surface area contributed by atoms with E-state index in [0.717, 1.165) is 5.69 Å². The Kier molecular flexibility index (Phi) is 5.94. The van der Waals surface area contributed by atoms with Crippen LogP contribution in [0.25, 0.3) is 0 Å². The summed E-state index contributed by atoms with van der Waals surface area (Å²) in [6, 6.07) is 12.3. The van der Waals surface area contributed by atoms with Crippen LogP contribution in [0.4, 0.5) is 10.1 Å². The summed E-state index contributed by atoms with van der Waals surface area (Å²) < 4.78 is 20.3. The number of carbonyl (C=O) groups excluding carboxylic acids is 1. The van der Waals surface area contributed by atoms with Gasteiger partial charge in [-0.15, -0.1) is 0 Å². The molecule has 2 atom stereocenters. The van der Waals surface area contributed by atoms with Crippen molar-refractivity contribution in [3.63, 3.8) is 0 Å². The maximum absolute atomic E-state index is 13.9. The lowest BCUT2D eigenvalue weighted by atomic mass is 10.1. The molecular weight excluding hydrogens is 399 g/mol. The van der Waals surface area contributed by atoms with Crippen LogP contribution in [0.15, 0.2) is 46.9 Å². The molecule has 0 saturated carbocycles. The molecule has 1 fully saturated rings. The van der Waals surface area contributed by atoms with E-state index in [2.05, 4.69) is 21.2 Å². The third-order valence-electron chi connectivity index (χ3n) is 4.34. The van der Waals surface area contributed by atoms with Gasteiger partial charge in [-0.2, -0.15) is 0 Å². The largest absolute Gasteiger partial charge is 0.381 e. The molecule has 1 amide bonds. The number of morpholine rings is 1. The van der Waals surface area contributed by atoms with E-state index in [9.17, 15) is 9.18 Å². The summed E-state index contributed by atoms with van der Waals surface area (Å²) in [5, 5.41) is 3.18. The number of ether oxygens (including phenoxy) is 1. The number of nitrogens with one attached hydrogen (secondary N) is 1. The Morgan fingerprint density at radius 2 is 1.85 bits per heavy atom. The van der Waals surface area contributed by atoms with Crippen molar-refractivity contribution in [2.24, 2.45) is 0 Å². The second-order valence-corrected chi connectivity index (χ2v) is 7.55. The van der Waals surface area contributed by atoms with E-state index >= 15 is 0 Å². The zero-order valence-electron chi connectivity index (χ0n) is 14.8. The molecule has 138 valence electrons. The van der Waals surface area contributed by atoms with Crippen molar-refractivity contribution in [1.82, 2.24) is 4.90 Å². The molecule has 0 spiro atoms. The van der Waals surface area contributed by atoms with Gasteiger partial charge < -0.3 is 15.0 Å². The van der Waals surface area contributed by atoms with Gasteiger partial charge in [-0.25, -0.2) is 4.39 Å². The maximum atomic E-state index is 13.9. The first-order valence-corrected chi connectivity index (χ1v) is 9.44. The predicted molar refractivity (Wildman–Crippen MR) is 104 cm³/mol. The third kappa shape index (κ3) is 4.62. The Morgan fingerprint density at radius 1 is 1.19 bits per heavy atom. The Hall–Kier alpha value is -1.92. The van der Waals surface area contributed by atoms with Crippen LogP contribution in [0.1, 0.15) is 29.8 Å². The van der Waals surface area contributed by atoms with Crippen LogP contribution in [-0.2, 0) is 11.3 Å². The zero-order valence-corrected chi connectivity index (χ0v) is 16.4. The lowest BCUT2D eigenvalue weighted by Crippen LogP contribution is -2.48. The molecule has 1 N–H and O–H groups in total. The summed E-state index contributed by atoms with van der Waals surface area (Å²) in [4.78, 5) is 14.5. The predicted octanol–water partition coefficient (Wildman–Crippen LogP) is 4.45. The molecule has 4 nitrogen and oxygen atoms in total. The minimum atomic E-state index is -0.255. The Bertz CT molecular complexity index is 772. The smallest absolute Gasteiger partial charge is 0.254 e. The Balaban J connectivity index is 1.62. The molecule has 1 aliphatic rings. The zero-order chi connectivity index (χ0) is 18.7. The van der Waals surface area contributed by atoms with Crippen molar-refractivity contribution >= 4 is 27.5 Å². The Labute approximate surface area is 161 Å². The number of hydrogen-bond donors (Lipinski definition) is 1. The molecule has 2 unspecified atom stereocenters. The highest BCUT2D eigenvalue weighted by atomic mass is 79.9. The minimum absolute atomic E-state index is 0.0116. The lowest BCUT2D eigenvalue weighted by Gasteiger charge is -2.35. The molecule has 2 aromatic carbocycles. The second-order valence-electron chi connectivity index (χ2n) is 6.63. The van der Waals surface area contributed by atoms with Gasteiger partial charge in [-0.1, -0.05) is 22.0 Å². The number of hydrogen-bond acceptors (Lipinski definition) is 3. The van der Waals surface area contributed by atoms with Crippen LogP contribution in [0.3, 0.4) is 0 Å². The number of amides is 1. The summed E-state index contributed by atoms with van der Waals surface area (Å²) in [7, 11) is 0. The summed E-state index contributed by atoms with van der Waals surface area (Å²) in [6.07, 6.45) is 0.0916. The molecule has 0 aliphatic carbocycles. The van der Waals surface area contributed by atoms with E-state index in [4.69, 9.17) is 4.74 Å². The normalized spacial score (nSPS) is 20.1. The van der Waals surface area contributed by atoms with Gasteiger partial charge in [0.25, 0.3) is 5.91 Å². The number of anilines is 1. The van der Waals surface area contributed by atoms with Gasteiger partial charge in [0.05, 0.1) is 12.2 Å². The highest BCUT2D eigenvalue weighted by Crippen LogP contribution is 2.19. The molecular formula is C20H22BrFN2O2. The van der Waals surface area contributed by atoms with E-state index in [-0.39, 0.29) is 23.9 Å². The fourth-order valence-electron chi connectivity index (χ4n) is 3.12. The first-order chi connectivity index (χ1) is 12.4. The average molecular weight is 421 g/mol. The van der Waals surface area contributed by atoms with E-state index in [1.54, 1.807) is 18.2 Å². The van der Waals surface area contributed by atoms with E-state index in [1.165, 1.54) is 6.07 Å². The fraction of sp³-hybridized carbons (Fsp3) is 0.350. The number of nitrogens with zero attached hydrogens (tertiary/aromatic N) is 1. The highest BCUT2D eigenvalue weighted by molar-refractivity contribution is 9.10. The van der Waals surface area contributed by atoms with Crippen LogP contribution in [-0.4, -0.2) is 36.1 Å². The summed E-state index contributed by atoms with van der Waals surface area (Å²) in [5.74, 6) is -0.244. The van der Waals surface area contributed by atoms with Gasteiger partial charge in [-0.05, 0) is 50.2 Å². The molecule has 3 rings (SSSR count). The van der Waals surface area contributed by atoms with Crippen molar-refractivity contribution in [2.75, 3.05) is 18.4 Å². The minimum Gasteiger partial charge on any atom is -0.381 e. The summed E-state index contributed by atoms with van der Waals surface area (Å²) >= 11 is 3.25. The van der Waals surface area contributed by atoms with Gasteiger partial charge >= 0.3 is 0 Å². The molecule has 0 bridgehead atoms. The lowest BCUT2D eigenvalue weighted by molar-refractivity contribution is -0.0586. The van der Waals surface area contributed by atoms with Gasteiger partial charge in [0.2, 0.25) is 0 Å². The van der Waals surface area contributed by atoms with Crippen LogP contribution >= 0.6 is 15.9 Å². The second kappa shape index (κ2) is 8.18. The van der Waals surface area contributed by atoms with Crippen LogP contribution in [0.2, 0.25) is 0 Å². The molecule has 2 aromatic rings.